The summed E-state index contributed by atoms with van der Waals surface area (Å²) in [4.78, 5) is 26.9. The van der Waals surface area contributed by atoms with Gasteiger partial charge in [0.2, 0.25) is 5.91 Å². The molecule has 1 saturated heterocycles. The van der Waals surface area contributed by atoms with E-state index in [1.54, 1.807) is 18.2 Å². The van der Waals surface area contributed by atoms with E-state index in [4.69, 9.17) is 4.74 Å². The maximum absolute atomic E-state index is 12.5. The minimum Gasteiger partial charge on any atom is -0.504 e. The minimum absolute atomic E-state index is 0.0269. The molecule has 2 aliphatic rings. The zero-order valence-corrected chi connectivity index (χ0v) is 17.3. The number of methoxy groups -OCH3 is 1. The molecule has 0 atom stereocenters. The van der Waals surface area contributed by atoms with Crippen molar-refractivity contribution in [1.29, 1.82) is 0 Å². The summed E-state index contributed by atoms with van der Waals surface area (Å²) in [6.45, 7) is 1.71. The predicted molar refractivity (Wildman–Crippen MR) is 111 cm³/mol. The molecular formula is C21H30N2O4S. The molecule has 7 heteroatoms. The van der Waals surface area contributed by atoms with Gasteiger partial charge in [-0.3, -0.25) is 9.59 Å². The molecule has 2 N–H and O–H groups in total. The lowest BCUT2D eigenvalue weighted by molar-refractivity contribution is -0.126. The van der Waals surface area contributed by atoms with E-state index < -0.39 is 0 Å². The Labute approximate surface area is 171 Å². The lowest BCUT2D eigenvalue weighted by Crippen LogP contribution is -2.42. The first-order valence-electron chi connectivity index (χ1n) is 10.2. The van der Waals surface area contributed by atoms with Crippen molar-refractivity contribution in [3.63, 3.8) is 0 Å². The Morgan fingerprint density at radius 1 is 1.18 bits per heavy atom. The average molecular weight is 407 g/mol. The molecule has 2 amide bonds. The summed E-state index contributed by atoms with van der Waals surface area (Å²) in [6, 6.07) is 5.05. The normalized spacial score (nSPS) is 18.7. The fraction of sp³-hybridized carbons (Fsp3) is 0.619. The molecule has 1 aliphatic carbocycles. The van der Waals surface area contributed by atoms with Crippen LogP contribution in [0.3, 0.4) is 0 Å². The molecule has 0 aromatic heterocycles. The number of carbonyl (C=O) groups excluding carboxylic acids is 2. The quantitative estimate of drug-likeness (QED) is 0.775. The summed E-state index contributed by atoms with van der Waals surface area (Å²) in [7, 11) is 1.50. The number of nitrogens with one attached hydrogen (secondary N) is 1. The molecule has 0 radical (unpaired) electrons. The number of piperidine rings is 1. The second-order valence-corrected chi connectivity index (χ2v) is 8.88. The summed E-state index contributed by atoms with van der Waals surface area (Å²) in [6.07, 6.45) is 7.49. The van der Waals surface area contributed by atoms with Crippen LogP contribution < -0.4 is 10.1 Å². The largest absolute Gasteiger partial charge is 0.504 e. The summed E-state index contributed by atoms with van der Waals surface area (Å²) >= 11 is 1.50. The summed E-state index contributed by atoms with van der Waals surface area (Å²) in [5, 5.41) is 13.3. The molecule has 1 aromatic rings. The number of ether oxygens (including phenoxy) is 1. The zero-order valence-electron chi connectivity index (χ0n) is 16.5. The third-order valence-electron chi connectivity index (χ3n) is 5.65. The van der Waals surface area contributed by atoms with Crippen molar-refractivity contribution in [2.45, 2.75) is 56.7 Å². The highest BCUT2D eigenvalue weighted by Crippen LogP contribution is 2.31. The summed E-state index contributed by atoms with van der Waals surface area (Å²) in [5.41, 5.74) is 0.875. The van der Waals surface area contributed by atoms with Gasteiger partial charge in [-0.25, -0.2) is 0 Å². The summed E-state index contributed by atoms with van der Waals surface area (Å²) < 4.78 is 5.10. The Morgan fingerprint density at radius 3 is 2.57 bits per heavy atom. The first-order chi connectivity index (χ1) is 13.6. The Balaban J connectivity index is 1.41. The van der Waals surface area contributed by atoms with Crippen molar-refractivity contribution < 1.29 is 19.4 Å². The van der Waals surface area contributed by atoms with E-state index in [1.165, 1.54) is 38.1 Å². The van der Waals surface area contributed by atoms with Gasteiger partial charge in [0.1, 0.15) is 0 Å². The number of nitrogens with zero attached hydrogens (tertiary/aromatic N) is 1. The lowest BCUT2D eigenvalue weighted by atomic mass is 9.96. The van der Waals surface area contributed by atoms with E-state index in [9.17, 15) is 14.7 Å². The molecule has 0 spiro atoms. The van der Waals surface area contributed by atoms with E-state index in [0.717, 1.165) is 18.4 Å². The monoisotopic (exact) mass is 406 g/mol. The van der Waals surface area contributed by atoms with Crippen LogP contribution in [0, 0.1) is 5.92 Å². The number of carbonyl (C=O) groups is 2. The van der Waals surface area contributed by atoms with Gasteiger partial charge in [0, 0.05) is 30.8 Å². The van der Waals surface area contributed by atoms with Crippen LogP contribution >= 0.6 is 11.8 Å². The second-order valence-electron chi connectivity index (χ2n) is 7.63. The topological polar surface area (TPSA) is 78.9 Å². The number of rotatable bonds is 5. The number of phenolic OH excluding ortho intramolecular Hbond substituents is 1. The molecule has 1 aliphatic heterocycles. The maximum Gasteiger partial charge on any atom is 0.281 e. The first kappa shape index (κ1) is 20.8. The van der Waals surface area contributed by atoms with E-state index in [0.29, 0.717) is 43.5 Å². The molecule has 154 valence electrons. The first-order valence-corrected chi connectivity index (χ1v) is 11.0. The Hall–Kier alpha value is -1.89. The number of phenols is 1. The Bertz CT molecular complexity index is 683. The minimum atomic E-state index is -0.0530. The van der Waals surface area contributed by atoms with Crippen LogP contribution in [0.25, 0.3) is 0 Å². The van der Waals surface area contributed by atoms with Crippen LogP contribution in [0.2, 0.25) is 0 Å². The third kappa shape index (κ3) is 5.56. The number of hydrogen-bond donors (Lipinski definition) is 2. The van der Waals surface area contributed by atoms with Crippen molar-refractivity contribution in [3.8, 4) is 11.5 Å². The third-order valence-corrected chi connectivity index (χ3v) is 6.92. The predicted octanol–water partition coefficient (Wildman–Crippen LogP) is 3.91. The molecule has 3 rings (SSSR count). The highest BCUT2D eigenvalue weighted by atomic mass is 32.2. The second kappa shape index (κ2) is 10.0. The Kier molecular flexibility index (Phi) is 7.48. The number of benzene rings is 1. The fourth-order valence-corrected chi connectivity index (χ4v) is 5.08. The molecule has 1 aromatic carbocycles. The van der Waals surface area contributed by atoms with Crippen molar-refractivity contribution in [1.82, 2.24) is 10.2 Å². The van der Waals surface area contributed by atoms with Crippen LogP contribution in [0.1, 0.15) is 50.5 Å². The molecule has 0 unspecified atom stereocenters. The van der Waals surface area contributed by atoms with Crippen molar-refractivity contribution in [3.05, 3.63) is 23.8 Å². The molecule has 6 nitrogen and oxygen atoms in total. The van der Waals surface area contributed by atoms with Crippen LogP contribution in [-0.2, 0) is 11.3 Å². The number of aromatic hydroxyl groups is 1. The van der Waals surface area contributed by atoms with Crippen LogP contribution in [-0.4, -0.2) is 46.6 Å². The fourth-order valence-electron chi connectivity index (χ4n) is 3.89. The smallest absolute Gasteiger partial charge is 0.281 e. The van der Waals surface area contributed by atoms with Gasteiger partial charge in [-0.2, -0.15) is 0 Å². The number of likely N-dealkylation sites (tertiary alicyclic amines) is 1. The van der Waals surface area contributed by atoms with Crippen molar-refractivity contribution >= 4 is 22.9 Å². The van der Waals surface area contributed by atoms with Crippen LogP contribution in [0.15, 0.2) is 18.2 Å². The van der Waals surface area contributed by atoms with Gasteiger partial charge in [-0.1, -0.05) is 37.1 Å². The number of amides is 2. The molecule has 1 heterocycles. The van der Waals surface area contributed by atoms with Gasteiger partial charge in [-0.15, -0.1) is 0 Å². The highest BCUT2D eigenvalue weighted by Gasteiger charge is 2.29. The van der Waals surface area contributed by atoms with Gasteiger partial charge in [-0.05, 0) is 43.4 Å². The summed E-state index contributed by atoms with van der Waals surface area (Å²) in [5.74, 6) is 0.455. The molecule has 0 bridgehead atoms. The van der Waals surface area contributed by atoms with Crippen LogP contribution in [0.5, 0.6) is 11.5 Å². The van der Waals surface area contributed by atoms with Crippen LogP contribution in [0.4, 0.5) is 4.79 Å². The SMILES string of the molecule is COc1cc(CNC(=O)C2CCN(C(=O)SC3CCCCC3)CC2)ccc1O. The highest BCUT2D eigenvalue weighted by molar-refractivity contribution is 8.14. The van der Waals surface area contributed by atoms with Gasteiger partial charge in [0.15, 0.2) is 11.5 Å². The molecule has 1 saturated carbocycles. The van der Waals surface area contributed by atoms with E-state index >= 15 is 0 Å². The molecular weight excluding hydrogens is 376 g/mol. The number of hydrogen-bond acceptors (Lipinski definition) is 5. The van der Waals surface area contributed by atoms with Gasteiger partial charge in [0.05, 0.1) is 7.11 Å². The molecule has 2 fully saturated rings. The van der Waals surface area contributed by atoms with E-state index in [2.05, 4.69) is 5.32 Å². The zero-order chi connectivity index (χ0) is 19.9. The maximum atomic E-state index is 12.5. The van der Waals surface area contributed by atoms with Crippen molar-refractivity contribution in [2.24, 2.45) is 5.92 Å². The Morgan fingerprint density at radius 2 is 1.89 bits per heavy atom. The number of thioether (sulfide) groups is 1. The van der Waals surface area contributed by atoms with Gasteiger partial charge in [0.25, 0.3) is 5.24 Å². The van der Waals surface area contributed by atoms with Gasteiger partial charge >= 0.3 is 0 Å². The molecule has 28 heavy (non-hydrogen) atoms. The lowest BCUT2D eigenvalue weighted by Gasteiger charge is -2.32. The average Bonchev–Trinajstić information content (AvgIpc) is 2.73. The van der Waals surface area contributed by atoms with E-state index in [-0.39, 0.29) is 22.8 Å². The van der Waals surface area contributed by atoms with E-state index in [1.807, 2.05) is 4.90 Å². The van der Waals surface area contributed by atoms with Gasteiger partial charge < -0.3 is 20.1 Å². The van der Waals surface area contributed by atoms with Crippen molar-refractivity contribution in [2.75, 3.05) is 20.2 Å². The standard InChI is InChI=1S/C21H30N2O4S/c1-27-19-13-15(7-8-18(19)24)14-22-20(25)16-9-11-23(12-10-16)21(26)28-17-5-3-2-4-6-17/h7-8,13,16-17,24H,2-6,9-12,14H2,1H3,(H,22,25).